The van der Waals surface area contributed by atoms with Gasteiger partial charge in [-0.25, -0.2) is 4.39 Å². The molecule has 1 heterocycles. The number of anilines is 2. The van der Waals surface area contributed by atoms with Crippen molar-refractivity contribution in [2.24, 2.45) is 0 Å². The van der Waals surface area contributed by atoms with E-state index in [0.29, 0.717) is 11.4 Å². The summed E-state index contributed by atoms with van der Waals surface area (Å²) >= 11 is 0. The monoisotopic (exact) mass is 283 g/mol. The quantitative estimate of drug-likeness (QED) is 0.761. The molecule has 0 saturated carbocycles. The smallest absolute Gasteiger partial charge is 0.142 e. The molecule has 0 saturated heterocycles. The molecule has 0 fully saturated rings. The van der Waals surface area contributed by atoms with Gasteiger partial charge in [-0.05, 0) is 12.1 Å². The fraction of sp³-hybridized carbons (Fsp3) is 0.0625. The molecule has 0 bridgehead atoms. The molecule has 0 amide bonds. The van der Waals surface area contributed by atoms with Crippen molar-refractivity contribution in [3.63, 3.8) is 0 Å². The van der Waals surface area contributed by atoms with Gasteiger partial charge in [0, 0.05) is 11.6 Å². The van der Waals surface area contributed by atoms with E-state index in [9.17, 15) is 4.39 Å². The van der Waals surface area contributed by atoms with Crippen molar-refractivity contribution in [3.05, 3.63) is 60.5 Å². The highest BCUT2D eigenvalue weighted by molar-refractivity contribution is 5.79. The van der Waals surface area contributed by atoms with E-state index < -0.39 is 0 Å². The highest BCUT2D eigenvalue weighted by atomic mass is 19.1. The first-order valence-corrected chi connectivity index (χ1v) is 6.47. The van der Waals surface area contributed by atoms with Gasteiger partial charge in [0.2, 0.25) is 0 Å². The summed E-state index contributed by atoms with van der Waals surface area (Å²) in [5.74, 6) is 0.236. The van der Waals surface area contributed by atoms with Gasteiger partial charge in [-0.15, -0.1) is 0 Å². The summed E-state index contributed by atoms with van der Waals surface area (Å²) in [7, 11) is 1.55. The molecule has 0 spiro atoms. The molecular formula is C16H14FN3O. The molecule has 1 aromatic heterocycles. The maximum Gasteiger partial charge on any atom is 0.142 e. The number of nitrogens with zero attached hydrogens (tertiary/aromatic N) is 1. The van der Waals surface area contributed by atoms with Crippen LogP contribution in [0.2, 0.25) is 0 Å². The van der Waals surface area contributed by atoms with Gasteiger partial charge in [-0.1, -0.05) is 30.3 Å². The van der Waals surface area contributed by atoms with Crippen LogP contribution in [0, 0.1) is 5.82 Å². The summed E-state index contributed by atoms with van der Waals surface area (Å²) in [5, 5.41) is 10.2. The Labute approximate surface area is 121 Å². The van der Waals surface area contributed by atoms with E-state index in [2.05, 4.69) is 15.5 Å². The Morgan fingerprint density at radius 1 is 1.10 bits per heavy atom. The molecule has 2 N–H and O–H groups in total. The Hall–Kier alpha value is -2.82. The zero-order valence-electron chi connectivity index (χ0n) is 11.4. The van der Waals surface area contributed by atoms with Crippen molar-refractivity contribution in [1.82, 2.24) is 10.2 Å². The third kappa shape index (κ3) is 2.72. The summed E-state index contributed by atoms with van der Waals surface area (Å²) in [6.07, 6.45) is 1.66. The van der Waals surface area contributed by atoms with Crippen molar-refractivity contribution in [2.75, 3.05) is 12.4 Å². The number of aromatic nitrogens is 2. The summed E-state index contributed by atoms with van der Waals surface area (Å²) < 4.78 is 18.7. The maximum absolute atomic E-state index is 13.4. The lowest BCUT2D eigenvalue weighted by Gasteiger charge is -2.11. The Bertz CT molecular complexity index is 740. The molecule has 21 heavy (non-hydrogen) atoms. The van der Waals surface area contributed by atoms with Crippen LogP contribution in [-0.2, 0) is 0 Å². The second-order valence-electron chi connectivity index (χ2n) is 4.49. The van der Waals surface area contributed by atoms with E-state index >= 15 is 0 Å². The maximum atomic E-state index is 13.4. The highest BCUT2D eigenvalue weighted by Gasteiger charge is 2.11. The molecule has 5 heteroatoms. The van der Waals surface area contributed by atoms with Crippen LogP contribution in [0.5, 0.6) is 5.75 Å². The average Bonchev–Trinajstić information content (AvgIpc) is 2.96. The largest absolute Gasteiger partial charge is 0.495 e. The fourth-order valence-corrected chi connectivity index (χ4v) is 2.13. The van der Waals surface area contributed by atoms with Crippen LogP contribution in [-0.4, -0.2) is 17.3 Å². The first-order chi connectivity index (χ1) is 10.3. The Kier molecular flexibility index (Phi) is 3.55. The minimum atomic E-state index is -0.331. The number of halogens is 1. The van der Waals surface area contributed by atoms with Crippen LogP contribution in [0.4, 0.5) is 15.8 Å². The van der Waals surface area contributed by atoms with Crippen molar-refractivity contribution >= 4 is 11.4 Å². The van der Waals surface area contributed by atoms with Gasteiger partial charge in [0.05, 0.1) is 30.4 Å². The van der Waals surface area contributed by atoms with Crippen molar-refractivity contribution in [2.45, 2.75) is 0 Å². The van der Waals surface area contributed by atoms with Crippen molar-refractivity contribution < 1.29 is 9.13 Å². The molecule has 3 aromatic rings. The average molecular weight is 283 g/mol. The van der Waals surface area contributed by atoms with Crippen LogP contribution < -0.4 is 10.1 Å². The Morgan fingerprint density at radius 2 is 1.90 bits per heavy atom. The molecule has 2 aromatic carbocycles. The number of rotatable bonds is 4. The van der Waals surface area contributed by atoms with Crippen LogP contribution in [0.25, 0.3) is 11.3 Å². The number of aromatic amines is 1. The SMILES string of the molecule is COc1ccc(F)cc1Nc1cn[nH]c1-c1ccccc1. The Balaban J connectivity index is 1.97. The number of methoxy groups -OCH3 is 1. The fourth-order valence-electron chi connectivity index (χ4n) is 2.13. The minimum Gasteiger partial charge on any atom is -0.495 e. The first-order valence-electron chi connectivity index (χ1n) is 6.47. The molecule has 3 rings (SSSR count). The van der Waals surface area contributed by atoms with E-state index in [1.807, 2.05) is 30.3 Å². The number of nitrogens with one attached hydrogen (secondary N) is 2. The third-order valence-corrected chi connectivity index (χ3v) is 3.13. The number of H-pyrrole nitrogens is 1. The molecule has 0 aliphatic carbocycles. The van der Waals surface area contributed by atoms with Gasteiger partial charge in [-0.2, -0.15) is 5.10 Å². The van der Waals surface area contributed by atoms with Crippen LogP contribution >= 0.6 is 0 Å². The lowest BCUT2D eigenvalue weighted by atomic mass is 10.1. The van der Waals surface area contributed by atoms with Crippen molar-refractivity contribution in [3.8, 4) is 17.0 Å². The van der Waals surface area contributed by atoms with Crippen LogP contribution in [0.1, 0.15) is 0 Å². The first kappa shape index (κ1) is 13.2. The highest BCUT2D eigenvalue weighted by Crippen LogP contribution is 2.32. The summed E-state index contributed by atoms with van der Waals surface area (Å²) in [6, 6.07) is 14.1. The molecule has 106 valence electrons. The minimum absolute atomic E-state index is 0.331. The van der Waals surface area contributed by atoms with E-state index in [-0.39, 0.29) is 5.82 Å². The molecule has 4 nitrogen and oxygen atoms in total. The normalized spacial score (nSPS) is 10.4. The van der Waals surface area contributed by atoms with E-state index in [1.165, 1.54) is 12.1 Å². The second kappa shape index (κ2) is 5.66. The van der Waals surface area contributed by atoms with Gasteiger partial charge in [0.15, 0.2) is 0 Å². The van der Waals surface area contributed by atoms with Gasteiger partial charge < -0.3 is 10.1 Å². The standard InChI is InChI=1S/C16H14FN3O/c1-21-15-8-7-12(17)9-13(15)19-14-10-18-20-16(14)11-5-3-2-4-6-11/h2-10,19H,1H3,(H,18,20). The molecule has 0 unspecified atom stereocenters. The molecule has 0 aliphatic heterocycles. The number of benzene rings is 2. The molecule has 0 atom stereocenters. The predicted molar refractivity (Wildman–Crippen MR) is 80.3 cm³/mol. The van der Waals surface area contributed by atoms with Crippen LogP contribution in [0.3, 0.4) is 0 Å². The van der Waals surface area contributed by atoms with Gasteiger partial charge >= 0.3 is 0 Å². The third-order valence-electron chi connectivity index (χ3n) is 3.13. The number of ether oxygens (including phenoxy) is 1. The summed E-state index contributed by atoms with van der Waals surface area (Å²) in [4.78, 5) is 0. The van der Waals surface area contributed by atoms with Gasteiger partial charge in [0.25, 0.3) is 0 Å². The van der Waals surface area contributed by atoms with Crippen molar-refractivity contribution in [1.29, 1.82) is 0 Å². The summed E-state index contributed by atoms with van der Waals surface area (Å²) in [6.45, 7) is 0. The molecule has 0 radical (unpaired) electrons. The zero-order chi connectivity index (χ0) is 14.7. The summed E-state index contributed by atoms with van der Waals surface area (Å²) in [5.41, 5.74) is 3.14. The molecular weight excluding hydrogens is 269 g/mol. The predicted octanol–water partition coefficient (Wildman–Crippen LogP) is 3.97. The zero-order valence-corrected chi connectivity index (χ0v) is 11.4. The van der Waals surface area contributed by atoms with E-state index in [1.54, 1.807) is 19.4 Å². The number of hydrogen-bond acceptors (Lipinski definition) is 3. The Morgan fingerprint density at radius 3 is 2.67 bits per heavy atom. The van der Waals surface area contributed by atoms with Crippen LogP contribution in [0.15, 0.2) is 54.7 Å². The molecule has 0 aliphatic rings. The topological polar surface area (TPSA) is 49.9 Å². The second-order valence-corrected chi connectivity index (χ2v) is 4.49. The van der Waals surface area contributed by atoms with E-state index in [0.717, 1.165) is 16.9 Å². The van der Waals surface area contributed by atoms with E-state index in [4.69, 9.17) is 4.74 Å². The number of hydrogen-bond donors (Lipinski definition) is 2. The van der Waals surface area contributed by atoms with Gasteiger partial charge in [-0.3, -0.25) is 5.10 Å². The lowest BCUT2D eigenvalue weighted by molar-refractivity contribution is 0.416. The van der Waals surface area contributed by atoms with Gasteiger partial charge in [0.1, 0.15) is 11.6 Å². The lowest BCUT2D eigenvalue weighted by Crippen LogP contribution is -1.96.